The van der Waals surface area contributed by atoms with Crippen LogP contribution in [-0.2, 0) is 0 Å². The monoisotopic (exact) mass is 293 g/mol. The number of halogens is 2. The topological polar surface area (TPSA) is 58.0 Å². The van der Waals surface area contributed by atoms with Crippen LogP contribution in [-0.4, -0.2) is 27.2 Å². The second kappa shape index (κ2) is 5.63. The highest BCUT2D eigenvalue weighted by Crippen LogP contribution is 2.21. The lowest BCUT2D eigenvalue weighted by Gasteiger charge is -2.20. The summed E-state index contributed by atoms with van der Waals surface area (Å²) in [6.45, 7) is 3.72. The quantitative estimate of drug-likeness (QED) is 0.838. The molecule has 0 spiro atoms. The average molecular weight is 295 g/mol. The fraction of sp³-hybridized carbons (Fsp3) is 0.556. The van der Waals surface area contributed by atoms with Gasteiger partial charge in [-0.1, -0.05) is 6.92 Å². The smallest absolute Gasteiger partial charge is 0.224 e. The van der Waals surface area contributed by atoms with E-state index in [1.165, 1.54) is 0 Å². The zero-order valence-corrected chi connectivity index (χ0v) is 10.9. The first kappa shape index (κ1) is 12.7. The highest BCUT2D eigenvalue weighted by molar-refractivity contribution is 9.10. The van der Waals surface area contributed by atoms with Crippen LogP contribution in [0.4, 0.5) is 5.82 Å². The van der Waals surface area contributed by atoms with E-state index < -0.39 is 6.10 Å². The molecule has 0 saturated carbocycles. The Bertz CT molecular complexity index is 335. The lowest BCUT2D eigenvalue weighted by atomic mass is 10.1. The van der Waals surface area contributed by atoms with Gasteiger partial charge in [-0.3, -0.25) is 0 Å². The molecule has 1 aromatic rings. The Morgan fingerprint density at radius 2 is 2.33 bits per heavy atom. The van der Waals surface area contributed by atoms with Crippen molar-refractivity contribution in [3.63, 3.8) is 0 Å². The summed E-state index contributed by atoms with van der Waals surface area (Å²) in [4.78, 5) is 7.85. The van der Waals surface area contributed by atoms with Crippen molar-refractivity contribution < 1.29 is 5.11 Å². The summed E-state index contributed by atoms with van der Waals surface area (Å²) in [5, 5.41) is 12.8. The standard InChI is InChI=1S/C9H13BrClN3O/c1-3-7(5(2)15)13-8-6(10)4-12-9(11)14-8/h4-5,7,15H,3H2,1-2H3,(H,12,13,14). The molecule has 0 saturated heterocycles. The number of rotatable bonds is 4. The van der Waals surface area contributed by atoms with Gasteiger partial charge in [0.25, 0.3) is 0 Å². The van der Waals surface area contributed by atoms with Gasteiger partial charge in [0.05, 0.1) is 16.6 Å². The predicted molar refractivity (Wildman–Crippen MR) is 64.1 cm³/mol. The minimum atomic E-state index is -0.448. The molecule has 0 amide bonds. The second-order valence-corrected chi connectivity index (χ2v) is 4.43. The zero-order chi connectivity index (χ0) is 11.4. The Labute approximate surface area is 102 Å². The van der Waals surface area contributed by atoms with Gasteiger partial charge in [0.1, 0.15) is 5.82 Å². The lowest BCUT2D eigenvalue weighted by molar-refractivity contribution is 0.169. The molecule has 2 unspecified atom stereocenters. The molecule has 2 N–H and O–H groups in total. The number of aliphatic hydroxyl groups excluding tert-OH is 1. The van der Waals surface area contributed by atoms with Crippen molar-refractivity contribution in [2.24, 2.45) is 0 Å². The van der Waals surface area contributed by atoms with Crippen molar-refractivity contribution >= 4 is 33.3 Å². The molecule has 0 fully saturated rings. The van der Waals surface area contributed by atoms with E-state index in [-0.39, 0.29) is 11.3 Å². The molecule has 0 aliphatic rings. The molecule has 1 heterocycles. The number of hydrogen-bond donors (Lipinski definition) is 2. The van der Waals surface area contributed by atoms with Crippen LogP contribution in [0.15, 0.2) is 10.7 Å². The first-order valence-corrected chi connectivity index (χ1v) is 5.84. The molecular formula is C9H13BrClN3O. The average Bonchev–Trinajstić information content (AvgIpc) is 2.18. The Morgan fingerprint density at radius 1 is 1.67 bits per heavy atom. The summed E-state index contributed by atoms with van der Waals surface area (Å²) in [5.41, 5.74) is 0. The van der Waals surface area contributed by atoms with E-state index in [1.54, 1.807) is 13.1 Å². The normalized spacial score (nSPS) is 14.7. The van der Waals surface area contributed by atoms with Gasteiger partial charge in [-0.25, -0.2) is 4.98 Å². The molecule has 0 aliphatic heterocycles. The molecule has 0 bridgehead atoms. The third-order valence-electron chi connectivity index (χ3n) is 2.06. The van der Waals surface area contributed by atoms with E-state index in [1.807, 2.05) is 6.92 Å². The van der Waals surface area contributed by atoms with Gasteiger partial charge in [-0.2, -0.15) is 4.98 Å². The summed E-state index contributed by atoms with van der Waals surface area (Å²) in [7, 11) is 0. The fourth-order valence-corrected chi connectivity index (χ4v) is 1.63. The summed E-state index contributed by atoms with van der Waals surface area (Å²) in [6.07, 6.45) is 1.92. The van der Waals surface area contributed by atoms with Crippen LogP contribution in [0.2, 0.25) is 5.28 Å². The van der Waals surface area contributed by atoms with Crippen molar-refractivity contribution in [3.05, 3.63) is 16.0 Å². The lowest BCUT2D eigenvalue weighted by Crippen LogP contribution is -2.31. The van der Waals surface area contributed by atoms with E-state index >= 15 is 0 Å². The minimum absolute atomic E-state index is 0.0488. The molecule has 4 nitrogen and oxygen atoms in total. The number of aromatic nitrogens is 2. The third-order valence-corrected chi connectivity index (χ3v) is 2.82. The molecule has 1 rings (SSSR count). The van der Waals surface area contributed by atoms with Crippen molar-refractivity contribution in [1.29, 1.82) is 0 Å². The first-order valence-electron chi connectivity index (χ1n) is 4.67. The predicted octanol–water partition coefficient (Wildman–Crippen LogP) is 2.46. The molecule has 1 aromatic heterocycles. The Kier molecular flexibility index (Phi) is 4.76. The van der Waals surface area contributed by atoms with Crippen LogP contribution in [0.3, 0.4) is 0 Å². The second-order valence-electron chi connectivity index (χ2n) is 3.24. The summed E-state index contributed by atoms with van der Waals surface area (Å²) in [5.74, 6) is 0.600. The number of anilines is 1. The minimum Gasteiger partial charge on any atom is -0.391 e. The summed E-state index contributed by atoms with van der Waals surface area (Å²) < 4.78 is 0.728. The van der Waals surface area contributed by atoms with E-state index in [0.29, 0.717) is 5.82 Å². The molecular weight excluding hydrogens is 281 g/mol. The van der Waals surface area contributed by atoms with Crippen molar-refractivity contribution in [2.45, 2.75) is 32.4 Å². The zero-order valence-electron chi connectivity index (χ0n) is 8.54. The van der Waals surface area contributed by atoms with Crippen molar-refractivity contribution in [1.82, 2.24) is 9.97 Å². The largest absolute Gasteiger partial charge is 0.391 e. The maximum atomic E-state index is 9.48. The van der Waals surface area contributed by atoms with Crippen LogP contribution in [0.5, 0.6) is 0 Å². The van der Waals surface area contributed by atoms with Gasteiger partial charge >= 0.3 is 0 Å². The molecule has 6 heteroatoms. The number of aliphatic hydroxyl groups is 1. The Hall–Kier alpha value is -0.390. The molecule has 0 aliphatic carbocycles. The molecule has 0 radical (unpaired) electrons. The van der Waals surface area contributed by atoms with Crippen LogP contribution >= 0.6 is 27.5 Å². The fourth-order valence-electron chi connectivity index (χ4n) is 1.19. The summed E-state index contributed by atoms with van der Waals surface area (Å²) >= 11 is 8.99. The summed E-state index contributed by atoms with van der Waals surface area (Å²) in [6, 6.07) is -0.0488. The van der Waals surface area contributed by atoms with Crippen LogP contribution < -0.4 is 5.32 Å². The van der Waals surface area contributed by atoms with E-state index in [0.717, 1.165) is 10.9 Å². The molecule has 2 atom stereocenters. The van der Waals surface area contributed by atoms with Crippen molar-refractivity contribution in [2.75, 3.05) is 5.32 Å². The van der Waals surface area contributed by atoms with Crippen LogP contribution in [0.1, 0.15) is 20.3 Å². The maximum absolute atomic E-state index is 9.48. The van der Waals surface area contributed by atoms with Gasteiger partial charge in [0.2, 0.25) is 5.28 Å². The third kappa shape index (κ3) is 3.59. The van der Waals surface area contributed by atoms with E-state index in [2.05, 4.69) is 31.2 Å². The molecule has 0 aromatic carbocycles. The Balaban J connectivity index is 2.82. The van der Waals surface area contributed by atoms with Crippen LogP contribution in [0.25, 0.3) is 0 Å². The van der Waals surface area contributed by atoms with E-state index in [9.17, 15) is 5.11 Å². The van der Waals surface area contributed by atoms with Gasteiger partial charge in [-0.05, 0) is 40.9 Å². The maximum Gasteiger partial charge on any atom is 0.224 e. The Morgan fingerprint density at radius 3 is 2.87 bits per heavy atom. The highest BCUT2D eigenvalue weighted by Gasteiger charge is 2.14. The van der Waals surface area contributed by atoms with Gasteiger partial charge in [0.15, 0.2) is 0 Å². The highest BCUT2D eigenvalue weighted by atomic mass is 79.9. The van der Waals surface area contributed by atoms with Gasteiger partial charge < -0.3 is 10.4 Å². The SMILES string of the molecule is CCC(Nc1nc(Cl)ncc1Br)C(C)O. The first-order chi connectivity index (χ1) is 7.04. The number of hydrogen-bond acceptors (Lipinski definition) is 4. The van der Waals surface area contributed by atoms with Crippen LogP contribution in [0, 0.1) is 0 Å². The molecule has 15 heavy (non-hydrogen) atoms. The van der Waals surface area contributed by atoms with E-state index in [4.69, 9.17) is 11.6 Å². The van der Waals surface area contributed by atoms with Crippen molar-refractivity contribution in [3.8, 4) is 0 Å². The van der Waals surface area contributed by atoms with Gasteiger partial charge in [0, 0.05) is 6.20 Å². The molecule has 84 valence electrons. The number of nitrogens with zero attached hydrogens (tertiary/aromatic N) is 2. The number of nitrogens with one attached hydrogen (secondary N) is 1. The van der Waals surface area contributed by atoms with Gasteiger partial charge in [-0.15, -0.1) is 0 Å².